The number of benzene rings is 1. The molecule has 0 N–H and O–H groups in total. The Morgan fingerprint density at radius 2 is 2.07 bits per heavy atom. The van der Waals surface area contributed by atoms with E-state index in [1.54, 1.807) is 6.20 Å². The zero-order valence-electron chi connectivity index (χ0n) is 16.3. The van der Waals surface area contributed by atoms with Crippen LogP contribution in [0.5, 0.6) is 5.88 Å². The van der Waals surface area contributed by atoms with E-state index in [2.05, 4.69) is 37.0 Å². The second-order valence-electron chi connectivity index (χ2n) is 7.87. The van der Waals surface area contributed by atoms with Crippen molar-refractivity contribution in [2.75, 3.05) is 6.61 Å². The first-order chi connectivity index (χ1) is 13.0. The standard InChI is InChI=1S/C23H27Cl2NO/c1-4-5-11-27-22-13-19(21(25)15-26-22)17-9-8-16(14-24)12-18(17)20-7-6-10-23(20,2)3/h4-5,8-9,12-13,15,20H,6-7,10-11,14H2,1-3H3. The van der Waals surface area contributed by atoms with Crippen molar-refractivity contribution >= 4 is 23.2 Å². The zero-order valence-corrected chi connectivity index (χ0v) is 17.8. The van der Waals surface area contributed by atoms with Crippen LogP contribution >= 0.6 is 23.2 Å². The van der Waals surface area contributed by atoms with Crippen molar-refractivity contribution in [1.29, 1.82) is 0 Å². The number of hydrogen-bond acceptors (Lipinski definition) is 2. The maximum atomic E-state index is 6.56. The molecule has 144 valence electrons. The fraction of sp³-hybridized carbons (Fsp3) is 0.435. The molecule has 1 heterocycles. The molecule has 1 fully saturated rings. The molecule has 1 atom stereocenters. The van der Waals surface area contributed by atoms with Crippen LogP contribution in [0.25, 0.3) is 11.1 Å². The van der Waals surface area contributed by atoms with Crippen molar-refractivity contribution in [3.63, 3.8) is 0 Å². The number of alkyl halides is 1. The van der Waals surface area contributed by atoms with Crippen LogP contribution in [0.3, 0.4) is 0 Å². The number of aromatic nitrogens is 1. The van der Waals surface area contributed by atoms with E-state index in [1.807, 2.05) is 25.1 Å². The summed E-state index contributed by atoms with van der Waals surface area (Å²) >= 11 is 12.7. The van der Waals surface area contributed by atoms with Gasteiger partial charge in [0.25, 0.3) is 0 Å². The van der Waals surface area contributed by atoms with Gasteiger partial charge < -0.3 is 4.74 Å². The molecule has 1 aliphatic rings. The minimum Gasteiger partial charge on any atom is -0.473 e. The summed E-state index contributed by atoms with van der Waals surface area (Å²) in [6, 6.07) is 8.45. The smallest absolute Gasteiger partial charge is 0.214 e. The maximum Gasteiger partial charge on any atom is 0.214 e. The fourth-order valence-corrected chi connectivity index (χ4v) is 4.44. The van der Waals surface area contributed by atoms with Gasteiger partial charge in [-0.3, -0.25) is 0 Å². The highest BCUT2D eigenvalue weighted by atomic mass is 35.5. The van der Waals surface area contributed by atoms with E-state index in [4.69, 9.17) is 27.9 Å². The van der Waals surface area contributed by atoms with Crippen LogP contribution < -0.4 is 4.74 Å². The summed E-state index contributed by atoms with van der Waals surface area (Å²) in [5, 5.41) is 0.643. The third-order valence-electron chi connectivity index (χ3n) is 5.59. The highest BCUT2D eigenvalue weighted by molar-refractivity contribution is 6.33. The van der Waals surface area contributed by atoms with Crippen LogP contribution in [-0.2, 0) is 5.88 Å². The number of pyridine rings is 1. The summed E-state index contributed by atoms with van der Waals surface area (Å²) in [4.78, 5) is 4.32. The lowest BCUT2D eigenvalue weighted by molar-refractivity contribution is 0.332. The molecule has 1 aromatic heterocycles. The largest absolute Gasteiger partial charge is 0.473 e. The van der Waals surface area contributed by atoms with Gasteiger partial charge in [-0.25, -0.2) is 4.98 Å². The molecule has 2 aromatic rings. The number of hydrogen-bond donors (Lipinski definition) is 0. The second kappa shape index (κ2) is 8.67. The molecule has 0 spiro atoms. The van der Waals surface area contributed by atoms with Crippen molar-refractivity contribution in [3.05, 3.63) is 58.8 Å². The lowest BCUT2D eigenvalue weighted by atomic mass is 9.75. The van der Waals surface area contributed by atoms with Crippen LogP contribution in [-0.4, -0.2) is 11.6 Å². The molecule has 1 unspecified atom stereocenters. The lowest BCUT2D eigenvalue weighted by Crippen LogP contribution is -2.16. The Hall–Kier alpha value is -1.51. The molecule has 0 radical (unpaired) electrons. The monoisotopic (exact) mass is 403 g/mol. The van der Waals surface area contributed by atoms with E-state index in [0.717, 1.165) is 16.7 Å². The molecular weight excluding hydrogens is 377 g/mol. The summed E-state index contributed by atoms with van der Waals surface area (Å²) in [5.74, 6) is 1.60. The molecular formula is C23H27Cl2NO. The van der Waals surface area contributed by atoms with Gasteiger partial charge in [-0.15, -0.1) is 11.6 Å². The Kier molecular flexibility index (Phi) is 6.49. The van der Waals surface area contributed by atoms with E-state index in [9.17, 15) is 0 Å². The van der Waals surface area contributed by atoms with Gasteiger partial charge in [0.1, 0.15) is 6.61 Å². The van der Waals surface area contributed by atoms with E-state index in [0.29, 0.717) is 29.3 Å². The van der Waals surface area contributed by atoms with Gasteiger partial charge in [-0.05, 0) is 47.8 Å². The number of rotatable bonds is 6. The normalized spacial score (nSPS) is 18.9. The average Bonchev–Trinajstić information content (AvgIpc) is 3.02. The van der Waals surface area contributed by atoms with Gasteiger partial charge in [0.15, 0.2) is 0 Å². The van der Waals surface area contributed by atoms with Crippen molar-refractivity contribution in [2.45, 2.75) is 51.8 Å². The number of ether oxygens (including phenoxy) is 1. The summed E-state index contributed by atoms with van der Waals surface area (Å²) < 4.78 is 5.74. The molecule has 27 heavy (non-hydrogen) atoms. The molecule has 3 rings (SSSR count). The Balaban J connectivity index is 2.07. The first-order valence-electron chi connectivity index (χ1n) is 9.55. The van der Waals surface area contributed by atoms with Crippen molar-refractivity contribution in [2.24, 2.45) is 5.41 Å². The fourth-order valence-electron chi connectivity index (χ4n) is 4.07. The maximum absolute atomic E-state index is 6.56. The number of allylic oxidation sites excluding steroid dienone is 1. The summed E-state index contributed by atoms with van der Waals surface area (Å²) in [6.45, 7) is 7.19. The van der Waals surface area contributed by atoms with Crippen LogP contribution in [0.2, 0.25) is 5.02 Å². The molecule has 1 aliphatic carbocycles. The average molecular weight is 404 g/mol. The van der Waals surface area contributed by atoms with Gasteiger partial charge in [-0.1, -0.05) is 62.2 Å². The first kappa shape index (κ1) is 20.2. The Morgan fingerprint density at radius 3 is 2.74 bits per heavy atom. The molecule has 2 nitrogen and oxygen atoms in total. The van der Waals surface area contributed by atoms with Gasteiger partial charge in [-0.2, -0.15) is 0 Å². The minimum atomic E-state index is 0.268. The van der Waals surface area contributed by atoms with Gasteiger partial charge >= 0.3 is 0 Å². The second-order valence-corrected chi connectivity index (χ2v) is 8.55. The van der Waals surface area contributed by atoms with Gasteiger partial charge in [0, 0.05) is 17.5 Å². The summed E-state index contributed by atoms with van der Waals surface area (Å²) in [7, 11) is 0. The van der Waals surface area contributed by atoms with E-state index in [-0.39, 0.29) is 5.41 Å². The van der Waals surface area contributed by atoms with E-state index in [1.165, 1.54) is 24.8 Å². The third-order valence-corrected chi connectivity index (χ3v) is 6.20. The first-order valence-corrected chi connectivity index (χ1v) is 10.5. The van der Waals surface area contributed by atoms with Crippen LogP contribution in [0.15, 0.2) is 42.6 Å². The zero-order chi connectivity index (χ0) is 19.4. The highest BCUT2D eigenvalue weighted by Gasteiger charge is 2.37. The SMILES string of the molecule is CC=CCOc1cc(-c2ccc(CCl)cc2C2CCCC2(C)C)c(Cl)cn1. The predicted octanol–water partition coefficient (Wildman–Crippen LogP) is 7.39. The molecule has 0 aliphatic heterocycles. The predicted molar refractivity (Wildman–Crippen MR) is 115 cm³/mol. The van der Waals surface area contributed by atoms with Crippen LogP contribution in [0, 0.1) is 5.41 Å². The van der Waals surface area contributed by atoms with Gasteiger partial charge in [0.2, 0.25) is 5.88 Å². The molecule has 4 heteroatoms. The highest BCUT2D eigenvalue weighted by Crippen LogP contribution is 2.51. The minimum absolute atomic E-state index is 0.268. The Labute approximate surface area is 172 Å². The quantitative estimate of drug-likeness (QED) is 0.370. The molecule has 0 amide bonds. The third kappa shape index (κ3) is 4.50. The van der Waals surface area contributed by atoms with Crippen molar-refractivity contribution in [1.82, 2.24) is 4.98 Å². The number of nitrogens with zero attached hydrogens (tertiary/aromatic N) is 1. The topological polar surface area (TPSA) is 22.1 Å². The Morgan fingerprint density at radius 1 is 1.26 bits per heavy atom. The van der Waals surface area contributed by atoms with Crippen LogP contribution in [0.1, 0.15) is 57.1 Å². The van der Waals surface area contributed by atoms with Gasteiger partial charge in [0.05, 0.1) is 11.2 Å². The summed E-state index contributed by atoms with van der Waals surface area (Å²) in [6.07, 6.45) is 9.29. The van der Waals surface area contributed by atoms with E-state index >= 15 is 0 Å². The van der Waals surface area contributed by atoms with Crippen molar-refractivity contribution in [3.8, 4) is 17.0 Å². The van der Waals surface area contributed by atoms with Crippen LogP contribution in [0.4, 0.5) is 0 Å². The Bertz CT molecular complexity index is 829. The molecule has 0 saturated heterocycles. The molecule has 0 bridgehead atoms. The van der Waals surface area contributed by atoms with E-state index < -0.39 is 0 Å². The summed E-state index contributed by atoms with van der Waals surface area (Å²) in [5.41, 5.74) is 4.88. The molecule has 1 saturated carbocycles. The van der Waals surface area contributed by atoms with Crippen molar-refractivity contribution < 1.29 is 4.74 Å². The molecule has 1 aromatic carbocycles. The number of halogens is 2. The lowest BCUT2D eigenvalue weighted by Gasteiger charge is -2.30.